The predicted octanol–water partition coefficient (Wildman–Crippen LogP) is 1.08. The van der Waals surface area contributed by atoms with Crippen molar-refractivity contribution in [2.24, 2.45) is 0 Å². The number of nitrogens with one attached hydrogen (secondary N) is 2. The number of hydrogen-bond acceptors (Lipinski definition) is 3. The van der Waals surface area contributed by atoms with Gasteiger partial charge in [0.25, 0.3) is 0 Å². The summed E-state index contributed by atoms with van der Waals surface area (Å²) >= 11 is 1.92. The lowest BCUT2D eigenvalue weighted by Crippen LogP contribution is -2.29. The van der Waals surface area contributed by atoms with E-state index in [1.54, 1.807) is 0 Å². The van der Waals surface area contributed by atoms with E-state index in [-0.39, 0.29) is 0 Å². The first-order valence-electron chi connectivity index (χ1n) is 4.86. The summed E-state index contributed by atoms with van der Waals surface area (Å²) < 4.78 is 0. The van der Waals surface area contributed by atoms with Gasteiger partial charge < -0.3 is 10.6 Å². The van der Waals surface area contributed by atoms with Gasteiger partial charge in [-0.15, -0.1) is 0 Å². The van der Waals surface area contributed by atoms with E-state index in [0.29, 0.717) is 0 Å². The quantitative estimate of drug-likeness (QED) is 0.557. The molecule has 0 aromatic heterocycles. The summed E-state index contributed by atoms with van der Waals surface area (Å²) in [5.41, 5.74) is 0. The van der Waals surface area contributed by atoms with Crippen LogP contribution >= 0.6 is 11.8 Å². The molecular weight excluding hydrogens is 168 g/mol. The van der Waals surface area contributed by atoms with E-state index in [4.69, 9.17) is 0 Å². The van der Waals surface area contributed by atoms with Crippen LogP contribution in [0, 0.1) is 0 Å². The second-order valence-corrected chi connectivity index (χ2v) is 4.31. The van der Waals surface area contributed by atoms with Crippen molar-refractivity contribution < 1.29 is 0 Å². The summed E-state index contributed by atoms with van der Waals surface area (Å²) in [6.45, 7) is 3.45. The summed E-state index contributed by atoms with van der Waals surface area (Å²) in [4.78, 5) is 0. The van der Waals surface area contributed by atoms with E-state index in [2.05, 4.69) is 16.9 Å². The van der Waals surface area contributed by atoms with Crippen molar-refractivity contribution in [2.45, 2.75) is 25.3 Å². The van der Waals surface area contributed by atoms with Crippen LogP contribution in [0.2, 0.25) is 0 Å². The Hall–Kier alpha value is 0.270. The minimum atomic E-state index is 0.859. The van der Waals surface area contributed by atoms with E-state index in [1.807, 2.05) is 11.8 Å². The molecule has 0 amide bonds. The average molecular weight is 188 g/mol. The third-order valence-corrected chi connectivity index (χ3v) is 2.71. The minimum absolute atomic E-state index is 0.859. The van der Waals surface area contributed by atoms with Crippen molar-refractivity contribution in [1.29, 1.82) is 0 Å². The Labute approximate surface area is 79.9 Å². The highest BCUT2D eigenvalue weighted by Gasteiger charge is 2.19. The molecule has 72 valence electrons. The standard InChI is InChI=1S/C9H20N2S/c1-12-8-2-5-10-6-7-11-9-3-4-9/h9-11H,2-8H2,1H3. The maximum Gasteiger partial charge on any atom is 0.00793 e. The summed E-state index contributed by atoms with van der Waals surface area (Å²) in [5, 5.41) is 6.91. The van der Waals surface area contributed by atoms with Crippen LogP contribution in [0.25, 0.3) is 0 Å². The van der Waals surface area contributed by atoms with Crippen molar-refractivity contribution in [3.63, 3.8) is 0 Å². The molecule has 3 heteroatoms. The maximum absolute atomic E-state index is 3.48. The van der Waals surface area contributed by atoms with Crippen LogP contribution in [0.5, 0.6) is 0 Å². The van der Waals surface area contributed by atoms with Crippen molar-refractivity contribution in [2.75, 3.05) is 31.6 Å². The highest BCUT2D eigenvalue weighted by molar-refractivity contribution is 7.98. The summed E-state index contributed by atoms with van der Waals surface area (Å²) in [6, 6.07) is 0.859. The van der Waals surface area contributed by atoms with Gasteiger partial charge >= 0.3 is 0 Å². The zero-order valence-electron chi connectivity index (χ0n) is 7.94. The highest BCUT2D eigenvalue weighted by atomic mass is 32.2. The Bertz CT molecular complexity index is 105. The van der Waals surface area contributed by atoms with Crippen LogP contribution in [0.4, 0.5) is 0 Å². The summed E-state index contributed by atoms with van der Waals surface area (Å²) in [6.07, 6.45) is 6.25. The van der Waals surface area contributed by atoms with Gasteiger partial charge in [0.1, 0.15) is 0 Å². The Morgan fingerprint density at radius 2 is 2.08 bits per heavy atom. The second kappa shape index (κ2) is 6.75. The lowest BCUT2D eigenvalue weighted by Gasteiger charge is -2.04. The Balaban J connectivity index is 1.65. The molecule has 0 heterocycles. The van der Waals surface area contributed by atoms with Gasteiger partial charge in [-0.25, -0.2) is 0 Å². The zero-order chi connectivity index (χ0) is 8.65. The monoisotopic (exact) mass is 188 g/mol. The van der Waals surface area contributed by atoms with Gasteiger partial charge in [-0.3, -0.25) is 0 Å². The molecule has 1 saturated carbocycles. The molecule has 0 radical (unpaired) electrons. The van der Waals surface area contributed by atoms with Crippen LogP contribution in [0.3, 0.4) is 0 Å². The minimum Gasteiger partial charge on any atom is -0.315 e. The second-order valence-electron chi connectivity index (χ2n) is 3.32. The molecule has 1 aliphatic rings. The molecular formula is C9H20N2S. The molecule has 0 aliphatic heterocycles. The largest absolute Gasteiger partial charge is 0.315 e. The zero-order valence-corrected chi connectivity index (χ0v) is 8.75. The van der Waals surface area contributed by atoms with E-state index in [9.17, 15) is 0 Å². The predicted molar refractivity (Wildman–Crippen MR) is 56.9 cm³/mol. The lowest BCUT2D eigenvalue weighted by atomic mass is 10.4. The van der Waals surface area contributed by atoms with E-state index in [0.717, 1.165) is 19.1 Å². The van der Waals surface area contributed by atoms with E-state index >= 15 is 0 Å². The van der Waals surface area contributed by atoms with Gasteiger partial charge in [0, 0.05) is 19.1 Å². The fourth-order valence-corrected chi connectivity index (χ4v) is 1.55. The van der Waals surface area contributed by atoms with Gasteiger partial charge in [-0.2, -0.15) is 11.8 Å². The third-order valence-electron chi connectivity index (χ3n) is 2.01. The number of thioether (sulfide) groups is 1. The molecule has 1 fully saturated rings. The molecule has 0 bridgehead atoms. The third kappa shape index (κ3) is 5.86. The number of rotatable bonds is 8. The molecule has 0 aromatic carbocycles. The highest BCUT2D eigenvalue weighted by Crippen LogP contribution is 2.17. The Kier molecular flexibility index (Phi) is 5.82. The summed E-state index contributed by atoms with van der Waals surface area (Å²) in [5.74, 6) is 1.28. The first-order valence-corrected chi connectivity index (χ1v) is 6.26. The van der Waals surface area contributed by atoms with Crippen molar-refractivity contribution in [3.05, 3.63) is 0 Å². The van der Waals surface area contributed by atoms with Crippen LogP contribution in [-0.2, 0) is 0 Å². The van der Waals surface area contributed by atoms with Crippen LogP contribution in [0.1, 0.15) is 19.3 Å². The molecule has 0 saturated heterocycles. The van der Waals surface area contributed by atoms with Crippen molar-refractivity contribution in [3.8, 4) is 0 Å². The Morgan fingerprint density at radius 3 is 2.75 bits per heavy atom. The number of hydrogen-bond donors (Lipinski definition) is 2. The van der Waals surface area contributed by atoms with Crippen LogP contribution in [0.15, 0.2) is 0 Å². The van der Waals surface area contributed by atoms with Gasteiger partial charge in [0.15, 0.2) is 0 Å². The maximum atomic E-state index is 3.48. The van der Waals surface area contributed by atoms with E-state index in [1.165, 1.54) is 31.6 Å². The summed E-state index contributed by atoms with van der Waals surface area (Å²) in [7, 11) is 0. The first kappa shape index (κ1) is 10.4. The van der Waals surface area contributed by atoms with Gasteiger partial charge in [-0.05, 0) is 37.8 Å². The fourth-order valence-electron chi connectivity index (χ4n) is 1.12. The molecule has 1 aliphatic carbocycles. The Morgan fingerprint density at radius 1 is 1.25 bits per heavy atom. The SMILES string of the molecule is CSCCCNCCNC1CC1. The molecule has 12 heavy (non-hydrogen) atoms. The lowest BCUT2D eigenvalue weighted by molar-refractivity contribution is 0.606. The molecule has 1 rings (SSSR count). The first-order chi connectivity index (χ1) is 5.93. The molecule has 2 nitrogen and oxygen atoms in total. The van der Waals surface area contributed by atoms with E-state index < -0.39 is 0 Å². The van der Waals surface area contributed by atoms with Gasteiger partial charge in [0.05, 0.1) is 0 Å². The van der Waals surface area contributed by atoms with Crippen molar-refractivity contribution >= 4 is 11.8 Å². The van der Waals surface area contributed by atoms with Crippen LogP contribution < -0.4 is 10.6 Å². The van der Waals surface area contributed by atoms with Crippen molar-refractivity contribution in [1.82, 2.24) is 10.6 Å². The normalized spacial score (nSPS) is 16.8. The van der Waals surface area contributed by atoms with Gasteiger partial charge in [-0.1, -0.05) is 0 Å². The smallest absolute Gasteiger partial charge is 0.00793 e. The molecule has 2 N–H and O–H groups in total. The molecule has 0 atom stereocenters. The molecule has 0 aromatic rings. The van der Waals surface area contributed by atoms with Gasteiger partial charge in [0.2, 0.25) is 0 Å². The fraction of sp³-hybridized carbons (Fsp3) is 1.00. The molecule has 0 unspecified atom stereocenters. The molecule has 0 spiro atoms. The van der Waals surface area contributed by atoms with Crippen LogP contribution in [-0.4, -0.2) is 37.7 Å². The average Bonchev–Trinajstić information content (AvgIpc) is 2.87. The topological polar surface area (TPSA) is 24.1 Å².